The highest BCUT2D eigenvalue weighted by atomic mass is 32.1. The van der Waals surface area contributed by atoms with E-state index in [1.807, 2.05) is 6.07 Å². The topological polar surface area (TPSA) is 55.2 Å². The van der Waals surface area contributed by atoms with Crippen LogP contribution in [-0.4, -0.2) is 11.5 Å². The van der Waals surface area contributed by atoms with Crippen LogP contribution < -0.4 is 5.32 Å². The second-order valence-electron chi connectivity index (χ2n) is 5.02. The summed E-state index contributed by atoms with van der Waals surface area (Å²) in [5.41, 5.74) is 1.05. The third-order valence-corrected chi connectivity index (χ3v) is 4.24. The van der Waals surface area contributed by atoms with E-state index in [0.29, 0.717) is 0 Å². The van der Waals surface area contributed by atoms with Gasteiger partial charge in [0.25, 0.3) is 5.69 Å². The first kappa shape index (κ1) is 13.5. The number of benzene rings is 1. The second-order valence-corrected chi connectivity index (χ2v) is 5.97. The highest BCUT2D eigenvalue weighted by Gasteiger charge is 2.21. The summed E-state index contributed by atoms with van der Waals surface area (Å²) in [5.74, 6) is 0. The molecule has 1 aromatic heterocycles. The molecule has 1 aromatic carbocycles. The van der Waals surface area contributed by atoms with Crippen LogP contribution in [0.4, 0.5) is 11.4 Å². The number of nitro groups is 1. The minimum atomic E-state index is -0.390. The van der Waals surface area contributed by atoms with E-state index in [0.717, 1.165) is 12.2 Å². The number of non-ortho nitro benzene ring substituents is 1. The monoisotopic (exact) mass is 276 g/mol. The average molecular weight is 276 g/mol. The normalized spacial score (nSPS) is 11.3. The van der Waals surface area contributed by atoms with Gasteiger partial charge in [0.15, 0.2) is 0 Å². The van der Waals surface area contributed by atoms with Gasteiger partial charge in [-0.2, -0.15) is 0 Å². The molecule has 100 valence electrons. The van der Waals surface area contributed by atoms with Crippen molar-refractivity contribution in [2.45, 2.75) is 19.3 Å². The van der Waals surface area contributed by atoms with Gasteiger partial charge < -0.3 is 5.32 Å². The summed E-state index contributed by atoms with van der Waals surface area (Å²) in [4.78, 5) is 11.5. The highest BCUT2D eigenvalue weighted by Crippen LogP contribution is 2.28. The molecule has 4 nitrogen and oxygen atoms in total. The molecule has 0 spiro atoms. The number of anilines is 1. The molecule has 0 amide bonds. The Morgan fingerprint density at radius 2 is 1.95 bits per heavy atom. The van der Waals surface area contributed by atoms with Crippen LogP contribution in [-0.2, 0) is 5.41 Å². The SMILES string of the molecule is CC(C)(CNc1ccc([N+](=O)[O-])cc1)c1cccs1. The predicted molar refractivity (Wildman–Crippen MR) is 78.9 cm³/mol. The Bertz CT molecular complexity index is 547. The molecule has 0 saturated heterocycles. The molecule has 0 aliphatic rings. The number of hydrogen-bond donors (Lipinski definition) is 1. The molecule has 0 radical (unpaired) electrons. The van der Waals surface area contributed by atoms with Gasteiger partial charge in [-0.05, 0) is 23.6 Å². The van der Waals surface area contributed by atoms with Crippen LogP contribution in [0.1, 0.15) is 18.7 Å². The first-order valence-electron chi connectivity index (χ1n) is 6.01. The van der Waals surface area contributed by atoms with E-state index in [-0.39, 0.29) is 16.0 Å². The molecule has 0 bridgehead atoms. The van der Waals surface area contributed by atoms with Crippen molar-refractivity contribution in [2.24, 2.45) is 0 Å². The Morgan fingerprint density at radius 1 is 1.26 bits per heavy atom. The van der Waals surface area contributed by atoms with Crippen molar-refractivity contribution >= 4 is 22.7 Å². The summed E-state index contributed by atoms with van der Waals surface area (Å²) in [7, 11) is 0. The minimum Gasteiger partial charge on any atom is -0.384 e. The van der Waals surface area contributed by atoms with Gasteiger partial charge in [0, 0.05) is 34.7 Å². The van der Waals surface area contributed by atoms with Crippen LogP contribution in [0, 0.1) is 10.1 Å². The molecule has 5 heteroatoms. The number of thiophene rings is 1. The molecular formula is C14H16N2O2S. The smallest absolute Gasteiger partial charge is 0.269 e. The van der Waals surface area contributed by atoms with E-state index in [4.69, 9.17) is 0 Å². The van der Waals surface area contributed by atoms with Crippen molar-refractivity contribution < 1.29 is 4.92 Å². The van der Waals surface area contributed by atoms with E-state index < -0.39 is 0 Å². The number of nitro benzene ring substituents is 1. The molecule has 2 aromatic rings. The summed E-state index contributed by atoms with van der Waals surface area (Å²) >= 11 is 1.74. The van der Waals surface area contributed by atoms with Crippen molar-refractivity contribution in [2.75, 3.05) is 11.9 Å². The molecule has 0 aliphatic heterocycles. The maximum Gasteiger partial charge on any atom is 0.269 e. The Hall–Kier alpha value is -1.88. The predicted octanol–water partition coefficient (Wildman–Crippen LogP) is 4.05. The lowest BCUT2D eigenvalue weighted by Gasteiger charge is -2.24. The van der Waals surface area contributed by atoms with Crippen molar-refractivity contribution in [3.05, 3.63) is 56.8 Å². The largest absolute Gasteiger partial charge is 0.384 e. The number of nitrogens with one attached hydrogen (secondary N) is 1. The third kappa shape index (κ3) is 3.32. The molecular weight excluding hydrogens is 260 g/mol. The zero-order valence-corrected chi connectivity index (χ0v) is 11.7. The van der Waals surface area contributed by atoms with Gasteiger partial charge in [0.2, 0.25) is 0 Å². The van der Waals surface area contributed by atoms with E-state index in [9.17, 15) is 10.1 Å². The van der Waals surface area contributed by atoms with Gasteiger partial charge in [-0.1, -0.05) is 19.9 Å². The lowest BCUT2D eigenvalue weighted by molar-refractivity contribution is -0.384. The highest BCUT2D eigenvalue weighted by molar-refractivity contribution is 7.10. The fourth-order valence-electron chi connectivity index (χ4n) is 1.77. The zero-order valence-electron chi connectivity index (χ0n) is 10.9. The van der Waals surface area contributed by atoms with Gasteiger partial charge in [-0.15, -0.1) is 11.3 Å². The van der Waals surface area contributed by atoms with E-state index >= 15 is 0 Å². The number of rotatable bonds is 5. The fourth-order valence-corrected chi connectivity index (χ4v) is 2.63. The summed E-state index contributed by atoms with van der Waals surface area (Å²) in [6, 6.07) is 10.7. The molecule has 0 fully saturated rings. The molecule has 0 saturated carbocycles. The van der Waals surface area contributed by atoms with Crippen molar-refractivity contribution in [3.8, 4) is 0 Å². The van der Waals surface area contributed by atoms with Crippen molar-refractivity contribution in [3.63, 3.8) is 0 Å². The molecule has 0 atom stereocenters. The van der Waals surface area contributed by atoms with Crippen LogP contribution in [0.25, 0.3) is 0 Å². The van der Waals surface area contributed by atoms with Gasteiger partial charge in [-0.3, -0.25) is 10.1 Å². The van der Waals surface area contributed by atoms with E-state index in [1.54, 1.807) is 23.5 Å². The quantitative estimate of drug-likeness (QED) is 0.662. The van der Waals surface area contributed by atoms with Crippen LogP contribution in [0.3, 0.4) is 0 Å². The summed E-state index contributed by atoms with van der Waals surface area (Å²) in [6.07, 6.45) is 0. The van der Waals surface area contributed by atoms with Crippen LogP contribution >= 0.6 is 11.3 Å². The fraction of sp³-hybridized carbons (Fsp3) is 0.286. The van der Waals surface area contributed by atoms with Gasteiger partial charge in [-0.25, -0.2) is 0 Å². The molecule has 1 N–H and O–H groups in total. The Labute approximate surface area is 116 Å². The zero-order chi connectivity index (χ0) is 13.9. The number of nitrogens with zero attached hydrogens (tertiary/aromatic N) is 1. The minimum absolute atomic E-state index is 0.0376. The van der Waals surface area contributed by atoms with Crippen molar-refractivity contribution in [1.82, 2.24) is 0 Å². The maximum atomic E-state index is 10.6. The summed E-state index contributed by atoms with van der Waals surface area (Å²) < 4.78 is 0. The molecule has 19 heavy (non-hydrogen) atoms. The number of hydrogen-bond acceptors (Lipinski definition) is 4. The lowest BCUT2D eigenvalue weighted by atomic mass is 9.91. The van der Waals surface area contributed by atoms with E-state index in [1.165, 1.54) is 17.0 Å². The maximum absolute atomic E-state index is 10.6. The first-order valence-corrected chi connectivity index (χ1v) is 6.89. The Kier molecular flexibility index (Phi) is 3.85. The first-order chi connectivity index (χ1) is 8.99. The molecule has 1 heterocycles. The van der Waals surface area contributed by atoms with Gasteiger partial charge in [0.1, 0.15) is 0 Å². The summed E-state index contributed by atoms with van der Waals surface area (Å²) in [5, 5.41) is 16.0. The van der Waals surface area contributed by atoms with Crippen LogP contribution in [0.5, 0.6) is 0 Å². The average Bonchev–Trinajstić information content (AvgIpc) is 2.91. The second kappa shape index (κ2) is 5.40. The summed E-state index contributed by atoms with van der Waals surface area (Å²) in [6.45, 7) is 5.14. The van der Waals surface area contributed by atoms with E-state index in [2.05, 4.69) is 30.6 Å². The third-order valence-electron chi connectivity index (χ3n) is 3.00. The van der Waals surface area contributed by atoms with Gasteiger partial charge in [0.05, 0.1) is 4.92 Å². The van der Waals surface area contributed by atoms with Crippen LogP contribution in [0.2, 0.25) is 0 Å². The Morgan fingerprint density at radius 3 is 2.47 bits per heavy atom. The lowest BCUT2D eigenvalue weighted by Crippen LogP contribution is -2.26. The van der Waals surface area contributed by atoms with Crippen LogP contribution in [0.15, 0.2) is 41.8 Å². The molecule has 2 rings (SSSR count). The Balaban J connectivity index is 2.00. The molecule has 0 aliphatic carbocycles. The standard InChI is InChI=1S/C14H16N2O2S/c1-14(2,13-4-3-9-19-13)10-15-11-5-7-12(8-6-11)16(17)18/h3-9,15H,10H2,1-2H3. The van der Waals surface area contributed by atoms with Gasteiger partial charge >= 0.3 is 0 Å². The van der Waals surface area contributed by atoms with Crippen molar-refractivity contribution in [1.29, 1.82) is 0 Å². The molecule has 0 unspecified atom stereocenters.